The standard InChI is InChI=1S/C22H28N4O2/c1-16-14-17(2)24-22(23-16)25-10-8-19(9-11-25)21(27)26-12-13-28-20(15-26)18-6-4-3-5-7-18/h3-7,14,19-20H,8-13,15H2,1-2H3/t20-/m1/s1. The molecular formula is C22H28N4O2. The Kier molecular flexibility index (Phi) is 5.57. The van der Waals surface area contributed by atoms with E-state index >= 15 is 0 Å². The molecule has 1 aromatic heterocycles. The topological polar surface area (TPSA) is 58.6 Å². The van der Waals surface area contributed by atoms with Crippen LogP contribution >= 0.6 is 0 Å². The SMILES string of the molecule is Cc1cc(C)nc(N2CCC(C(=O)N3CCO[C@@H](c4ccccc4)C3)CC2)n1. The first kappa shape index (κ1) is 18.9. The lowest BCUT2D eigenvalue weighted by atomic mass is 9.94. The van der Waals surface area contributed by atoms with E-state index in [1.54, 1.807) is 0 Å². The summed E-state index contributed by atoms with van der Waals surface area (Å²) in [6, 6.07) is 12.2. The third kappa shape index (κ3) is 4.17. The number of anilines is 1. The van der Waals surface area contributed by atoms with Crippen molar-refractivity contribution in [2.75, 3.05) is 37.7 Å². The molecule has 1 atom stereocenters. The molecule has 2 saturated heterocycles. The van der Waals surface area contributed by atoms with Crippen LogP contribution in [-0.4, -0.2) is 53.6 Å². The second-order valence-corrected chi connectivity index (χ2v) is 7.77. The summed E-state index contributed by atoms with van der Waals surface area (Å²) in [4.78, 5) is 26.4. The Balaban J connectivity index is 1.36. The van der Waals surface area contributed by atoms with Gasteiger partial charge in [-0.25, -0.2) is 9.97 Å². The molecule has 2 fully saturated rings. The monoisotopic (exact) mass is 380 g/mol. The lowest BCUT2D eigenvalue weighted by Crippen LogP contribution is -2.47. The van der Waals surface area contributed by atoms with E-state index in [4.69, 9.17) is 4.74 Å². The quantitative estimate of drug-likeness (QED) is 0.819. The van der Waals surface area contributed by atoms with Gasteiger partial charge >= 0.3 is 0 Å². The van der Waals surface area contributed by atoms with Crippen molar-refractivity contribution in [2.45, 2.75) is 32.8 Å². The molecule has 148 valence electrons. The smallest absolute Gasteiger partial charge is 0.225 e. The van der Waals surface area contributed by atoms with Crippen molar-refractivity contribution in [1.29, 1.82) is 0 Å². The predicted molar refractivity (Wildman–Crippen MR) is 108 cm³/mol. The average molecular weight is 380 g/mol. The summed E-state index contributed by atoms with van der Waals surface area (Å²) in [7, 11) is 0. The third-order valence-corrected chi connectivity index (χ3v) is 5.65. The maximum Gasteiger partial charge on any atom is 0.225 e. The Bertz CT molecular complexity index is 798. The molecule has 0 radical (unpaired) electrons. The molecule has 6 heteroatoms. The van der Waals surface area contributed by atoms with Crippen molar-refractivity contribution in [3.8, 4) is 0 Å². The average Bonchev–Trinajstić information content (AvgIpc) is 2.73. The Morgan fingerprint density at radius 2 is 1.71 bits per heavy atom. The van der Waals surface area contributed by atoms with Gasteiger partial charge in [-0.3, -0.25) is 4.79 Å². The Morgan fingerprint density at radius 3 is 2.39 bits per heavy atom. The van der Waals surface area contributed by atoms with Crippen LogP contribution in [0.3, 0.4) is 0 Å². The number of benzene rings is 1. The molecular weight excluding hydrogens is 352 g/mol. The van der Waals surface area contributed by atoms with E-state index in [2.05, 4.69) is 27.0 Å². The highest BCUT2D eigenvalue weighted by Crippen LogP contribution is 2.27. The summed E-state index contributed by atoms with van der Waals surface area (Å²) in [6.07, 6.45) is 1.67. The highest BCUT2D eigenvalue weighted by atomic mass is 16.5. The van der Waals surface area contributed by atoms with Crippen molar-refractivity contribution in [3.05, 3.63) is 53.3 Å². The van der Waals surface area contributed by atoms with Crippen molar-refractivity contribution in [3.63, 3.8) is 0 Å². The van der Waals surface area contributed by atoms with E-state index in [9.17, 15) is 4.79 Å². The van der Waals surface area contributed by atoms with Gasteiger partial charge in [0.05, 0.1) is 13.2 Å². The molecule has 4 rings (SSSR count). The number of piperidine rings is 1. The van der Waals surface area contributed by atoms with Gasteiger partial charge in [0.2, 0.25) is 11.9 Å². The van der Waals surface area contributed by atoms with Crippen LogP contribution in [0.15, 0.2) is 36.4 Å². The number of hydrogen-bond donors (Lipinski definition) is 0. The van der Waals surface area contributed by atoms with Gasteiger partial charge in [0, 0.05) is 36.9 Å². The van der Waals surface area contributed by atoms with E-state index in [0.29, 0.717) is 19.7 Å². The van der Waals surface area contributed by atoms with Gasteiger partial charge in [-0.1, -0.05) is 30.3 Å². The number of nitrogens with zero attached hydrogens (tertiary/aromatic N) is 4. The summed E-state index contributed by atoms with van der Waals surface area (Å²) in [5.74, 6) is 1.14. The highest BCUT2D eigenvalue weighted by Gasteiger charge is 2.32. The van der Waals surface area contributed by atoms with Crippen LogP contribution in [0.4, 0.5) is 5.95 Å². The fraction of sp³-hybridized carbons (Fsp3) is 0.500. The number of morpholine rings is 1. The number of amides is 1. The zero-order valence-electron chi connectivity index (χ0n) is 16.7. The van der Waals surface area contributed by atoms with Gasteiger partial charge < -0.3 is 14.5 Å². The predicted octanol–water partition coefficient (Wildman–Crippen LogP) is 2.91. The van der Waals surface area contributed by atoms with E-state index in [-0.39, 0.29) is 17.9 Å². The second kappa shape index (κ2) is 8.27. The molecule has 1 amide bonds. The normalized spacial score (nSPS) is 21.0. The van der Waals surface area contributed by atoms with Crippen molar-refractivity contribution in [1.82, 2.24) is 14.9 Å². The van der Waals surface area contributed by atoms with E-state index in [1.807, 2.05) is 43.0 Å². The second-order valence-electron chi connectivity index (χ2n) is 7.77. The van der Waals surface area contributed by atoms with Gasteiger partial charge in [-0.15, -0.1) is 0 Å². The molecule has 3 heterocycles. The molecule has 0 spiro atoms. The first-order chi connectivity index (χ1) is 13.6. The Hall–Kier alpha value is -2.47. The van der Waals surface area contributed by atoms with Gasteiger partial charge in [0.25, 0.3) is 0 Å². The number of carbonyl (C=O) groups is 1. The molecule has 0 N–H and O–H groups in total. The summed E-state index contributed by atoms with van der Waals surface area (Å²) >= 11 is 0. The van der Waals surface area contributed by atoms with Gasteiger partial charge in [-0.2, -0.15) is 0 Å². The van der Waals surface area contributed by atoms with E-state index < -0.39 is 0 Å². The Labute approximate surface area is 166 Å². The van der Waals surface area contributed by atoms with Crippen LogP contribution < -0.4 is 4.90 Å². The first-order valence-electron chi connectivity index (χ1n) is 10.1. The van der Waals surface area contributed by atoms with Crippen LogP contribution in [0.25, 0.3) is 0 Å². The number of hydrogen-bond acceptors (Lipinski definition) is 5. The molecule has 6 nitrogen and oxygen atoms in total. The van der Waals surface area contributed by atoms with Crippen LogP contribution in [0.1, 0.15) is 35.9 Å². The summed E-state index contributed by atoms with van der Waals surface area (Å²) in [6.45, 7) is 7.57. The largest absolute Gasteiger partial charge is 0.370 e. The molecule has 0 saturated carbocycles. The minimum Gasteiger partial charge on any atom is -0.370 e. The number of aromatic nitrogens is 2. The van der Waals surface area contributed by atoms with Gasteiger partial charge in [-0.05, 0) is 38.3 Å². The van der Waals surface area contributed by atoms with Crippen molar-refractivity contribution < 1.29 is 9.53 Å². The third-order valence-electron chi connectivity index (χ3n) is 5.65. The minimum atomic E-state index is -0.0253. The zero-order chi connectivity index (χ0) is 19.5. The molecule has 0 bridgehead atoms. The summed E-state index contributed by atoms with van der Waals surface area (Å²) in [5.41, 5.74) is 3.11. The molecule has 2 aliphatic rings. The molecule has 0 unspecified atom stereocenters. The van der Waals surface area contributed by atoms with Crippen molar-refractivity contribution in [2.24, 2.45) is 5.92 Å². The number of ether oxygens (including phenoxy) is 1. The molecule has 1 aromatic carbocycles. The maximum atomic E-state index is 13.1. The number of aryl methyl sites for hydroxylation is 2. The van der Waals surface area contributed by atoms with Crippen LogP contribution in [0, 0.1) is 19.8 Å². The fourth-order valence-electron chi connectivity index (χ4n) is 4.15. The lowest BCUT2D eigenvalue weighted by molar-refractivity contribution is -0.144. The first-order valence-corrected chi connectivity index (χ1v) is 10.1. The molecule has 0 aliphatic carbocycles. The van der Waals surface area contributed by atoms with Crippen LogP contribution in [-0.2, 0) is 9.53 Å². The number of carbonyl (C=O) groups excluding carboxylic acids is 1. The van der Waals surface area contributed by atoms with E-state index in [1.165, 1.54) is 0 Å². The summed E-state index contributed by atoms with van der Waals surface area (Å²) < 4.78 is 5.91. The van der Waals surface area contributed by atoms with Crippen molar-refractivity contribution >= 4 is 11.9 Å². The molecule has 2 aromatic rings. The Morgan fingerprint density at radius 1 is 1.04 bits per heavy atom. The lowest BCUT2D eigenvalue weighted by Gasteiger charge is -2.38. The highest BCUT2D eigenvalue weighted by molar-refractivity contribution is 5.79. The molecule has 28 heavy (non-hydrogen) atoms. The maximum absolute atomic E-state index is 13.1. The molecule has 2 aliphatic heterocycles. The van der Waals surface area contributed by atoms with Gasteiger partial charge in [0.15, 0.2) is 0 Å². The zero-order valence-corrected chi connectivity index (χ0v) is 16.7. The van der Waals surface area contributed by atoms with E-state index in [0.717, 1.165) is 48.8 Å². The van der Waals surface area contributed by atoms with Crippen LogP contribution in [0.5, 0.6) is 0 Å². The van der Waals surface area contributed by atoms with Gasteiger partial charge in [0.1, 0.15) is 6.10 Å². The summed E-state index contributed by atoms with van der Waals surface area (Å²) in [5, 5.41) is 0. The van der Waals surface area contributed by atoms with Crippen LogP contribution in [0.2, 0.25) is 0 Å². The fourth-order valence-corrected chi connectivity index (χ4v) is 4.15. The number of rotatable bonds is 3. The minimum absolute atomic E-state index is 0.0253.